The molecule has 39 N–H and O–H groups in total. The second kappa shape index (κ2) is 57.5. The van der Waals surface area contributed by atoms with Crippen LogP contribution in [0.4, 0.5) is 0 Å². The van der Waals surface area contributed by atoms with E-state index in [4.69, 9.17) is 63.1 Å². The van der Waals surface area contributed by atoms with E-state index in [2.05, 4.69) is 89.1 Å². The zero-order chi connectivity index (χ0) is 90.8. The van der Waals surface area contributed by atoms with Crippen molar-refractivity contribution in [1.29, 1.82) is 0 Å². The number of nitrogens with one attached hydrogen (secondary N) is 13. The number of hydrogen-bond donors (Lipinski definition) is 28. The molecule has 121 heavy (non-hydrogen) atoms. The van der Waals surface area contributed by atoms with Gasteiger partial charge in [0.15, 0.2) is 23.8 Å². The summed E-state index contributed by atoms with van der Waals surface area (Å²) in [5.41, 5.74) is 61.3. The largest absolute Gasteiger partial charge is 0.481 e. The Morgan fingerprint density at radius 2 is 0.736 bits per heavy atom. The van der Waals surface area contributed by atoms with Crippen molar-refractivity contribution < 1.29 is 97.1 Å². The van der Waals surface area contributed by atoms with Crippen molar-refractivity contribution in [2.45, 2.75) is 259 Å². The summed E-state index contributed by atoms with van der Waals surface area (Å²) in [6.07, 6.45) is 0.723. The molecule has 49 heteroatoms. The average Bonchev–Trinajstić information content (AvgIpc) is 1.72. The Kier molecular flexibility index (Phi) is 50.2. The first kappa shape index (κ1) is 105. The number of nitrogens with two attached hydrogens (primary N) is 11. The number of carboxylic acids is 3. The Bertz CT molecular complexity index is 3530. The third kappa shape index (κ3) is 41.8. The Morgan fingerprint density at radius 1 is 0.380 bits per heavy atom. The number of rotatable bonds is 61. The highest BCUT2D eigenvalue weighted by molar-refractivity contribution is 6.01. The zero-order valence-electron chi connectivity index (χ0n) is 69.1. The first-order chi connectivity index (χ1) is 57.3. The monoisotopic (exact) mass is 1720 g/mol. The zero-order valence-corrected chi connectivity index (χ0v) is 69.1. The third-order valence-corrected chi connectivity index (χ3v) is 19.3. The molecule has 49 nitrogen and oxygen atoms in total. The summed E-state index contributed by atoms with van der Waals surface area (Å²) in [5, 5.41) is 73.3. The van der Waals surface area contributed by atoms with Gasteiger partial charge in [-0.2, -0.15) is 0 Å². The minimum absolute atomic E-state index is 0.0122. The second-order valence-corrected chi connectivity index (χ2v) is 29.6. The van der Waals surface area contributed by atoms with E-state index in [0.29, 0.717) is 58.0 Å². The van der Waals surface area contributed by atoms with E-state index < -0.39 is 211 Å². The lowest BCUT2D eigenvalue weighted by Crippen LogP contribution is -2.62. The van der Waals surface area contributed by atoms with Gasteiger partial charge in [-0.3, -0.25) is 91.9 Å². The van der Waals surface area contributed by atoms with Gasteiger partial charge in [0.1, 0.15) is 78.5 Å². The molecule has 0 aromatic heterocycles. The van der Waals surface area contributed by atoms with Gasteiger partial charge in [-0.15, -0.1) is 0 Å². The Labute approximate surface area is 701 Å². The number of guanidine groups is 4. The van der Waals surface area contributed by atoms with Gasteiger partial charge in [0.2, 0.25) is 76.8 Å². The lowest BCUT2D eigenvalue weighted by Gasteiger charge is -2.31. The predicted molar refractivity (Wildman–Crippen MR) is 442 cm³/mol. The number of aliphatic imine (C=N–C) groups is 4. The molecule has 0 saturated carbocycles. The molecular weight excluding hydrogens is 1590 g/mol. The molecule has 0 unspecified atom stereocenters. The maximum atomic E-state index is 14.6. The molecule has 0 aromatic rings. The molecular formula is C72H131N29O20. The quantitative estimate of drug-likeness (QED) is 0.0153. The van der Waals surface area contributed by atoms with E-state index in [-0.39, 0.29) is 153 Å². The van der Waals surface area contributed by atoms with Crippen molar-refractivity contribution in [1.82, 2.24) is 74.0 Å². The number of hydrogen-bond acceptors (Lipinski definition) is 25. The van der Waals surface area contributed by atoms with Crippen LogP contribution >= 0.6 is 0 Å². The molecule has 13 amide bonds. The lowest BCUT2D eigenvalue weighted by atomic mass is 10.0. The van der Waals surface area contributed by atoms with E-state index in [1.165, 1.54) is 25.7 Å². The Morgan fingerprint density at radius 3 is 1.12 bits per heavy atom. The SMILES string of the molecule is CC(C)[C@H](NC(=O)[C@H](CC(=O)O)NC(=O)[C@H](CCC(=O)O)NC(=O)[C@H](CCCN=C(N)N)NC(=O)[C@H](C)NC(=O)[C@H](CCCCN)NC(=O)[C@H](CCCCN)NC(=O)[C@@H]1CCCN1)C(=O)N[C@@H](CO)C(=O)N[C@@H](CCCN=C(N)N)C(=O)N[C@@H](CCCCN)C(=O)N[C@@H](CCCN=C(N)N)C(=O)N1CCC[C@H]1C(=O)N[C@@H](CCCN=C(N)N)C(=O)O. The van der Waals surface area contributed by atoms with Crippen LogP contribution in [-0.4, -0.2) is 294 Å². The number of carbonyl (C=O) groups excluding carboxylic acids is 13. The summed E-state index contributed by atoms with van der Waals surface area (Å²) in [6.45, 7) is 3.98. The molecule has 2 saturated heterocycles. The summed E-state index contributed by atoms with van der Waals surface area (Å²) in [7, 11) is 0. The number of aliphatic carboxylic acids is 3. The minimum atomic E-state index is -2.13. The Hall–Kier alpha value is -11.6. The van der Waals surface area contributed by atoms with Crippen LogP contribution in [0.15, 0.2) is 20.0 Å². The van der Waals surface area contributed by atoms with Gasteiger partial charge in [0.25, 0.3) is 0 Å². The standard InChI is InChI=1S/C72H131N29O20/c1-38(2)54(66(118)99-50(37-102)64(116)94-45(21-12-32-86-70(78)79)60(112)93-43(18-6-9-29-75)61(113)96-47(22-13-33-87-71(80)81)67(119)101-35-15-24-51(101)65(117)97-48(68(120)121)23-14-34-88-72(82)83)100-63(115)49(36-53(105)106)98-62(114)46(25-26-52(103)104)95-59(111)44(20-11-31-85-69(76)77)90-55(107)39(3)89-57(109)41(16-4-7-27-73)92-58(110)42(17-5-8-28-74)91-56(108)40-19-10-30-84-40/h38-51,54,84,102H,4-37,73-75H2,1-3H3,(H,89,109)(H,90,107)(H,91,108)(H,92,110)(H,93,112)(H,94,116)(H,95,111)(H,96,113)(H,97,117)(H,98,114)(H,99,118)(H,100,115)(H,103,104)(H,105,106)(H,120,121)(H4,76,77,85)(H4,78,79,86)(H4,80,81,87)(H4,82,83,88)/t39-,40-,41-,42-,43-,44-,45-,46-,47-,48-,49-,50-,51-,54-/m0/s1. The number of nitrogens with zero attached hydrogens (tertiary/aromatic N) is 5. The summed E-state index contributed by atoms with van der Waals surface area (Å²) in [5.74, 6) is -19.4. The Balaban J connectivity index is 2.51. The fourth-order valence-electron chi connectivity index (χ4n) is 12.8. The predicted octanol–water partition coefficient (Wildman–Crippen LogP) is -10.8. The van der Waals surface area contributed by atoms with E-state index in [0.717, 1.165) is 6.42 Å². The van der Waals surface area contributed by atoms with Gasteiger partial charge in [0, 0.05) is 39.1 Å². The molecule has 0 bridgehead atoms. The summed E-state index contributed by atoms with van der Waals surface area (Å²) >= 11 is 0. The molecule has 0 aromatic carbocycles. The van der Waals surface area contributed by atoms with Crippen LogP contribution in [-0.2, 0) is 76.7 Å². The maximum Gasteiger partial charge on any atom is 0.326 e. The molecule has 14 atom stereocenters. The highest BCUT2D eigenvalue weighted by Gasteiger charge is 2.42. The van der Waals surface area contributed by atoms with Crippen LogP contribution in [0.3, 0.4) is 0 Å². The lowest BCUT2D eigenvalue weighted by molar-refractivity contribution is -0.145. The highest BCUT2D eigenvalue weighted by atomic mass is 16.4. The van der Waals surface area contributed by atoms with Crippen LogP contribution in [0.25, 0.3) is 0 Å². The van der Waals surface area contributed by atoms with Crippen molar-refractivity contribution in [3.8, 4) is 0 Å². The molecule has 2 heterocycles. The van der Waals surface area contributed by atoms with Crippen molar-refractivity contribution in [2.24, 2.45) is 89.0 Å². The van der Waals surface area contributed by atoms with Gasteiger partial charge in [-0.05, 0) is 180 Å². The van der Waals surface area contributed by atoms with E-state index >= 15 is 0 Å². The smallest absolute Gasteiger partial charge is 0.326 e. The fourth-order valence-corrected chi connectivity index (χ4v) is 12.8. The fraction of sp³-hybridized carbons (Fsp3) is 0.722. The number of aliphatic hydroxyl groups is 1. The number of aliphatic hydroxyl groups excluding tert-OH is 1. The molecule has 2 aliphatic rings. The molecule has 2 fully saturated rings. The minimum Gasteiger partial charge on any atom is -0.481 e. The number of amides is 13. The van der Waals surface area contributed by atoms with Gasteiger partial charge in [0.05, 0.1) is 19.1 Å². The second-order valence-electron chi connectivity index (χ2n) is 29.6. The average molecular weight is 1720 g/mol. The van der Waals surface area contributed by atoms with Crippen molar-refractivity contribution in [2.75, 3.05) is 65.5 Å². The molecule has 0 aliphatic carbocycles. The van der Waals surface area contributed by atoms with Crippen LogP contribution in [0.5, 0.6) is 0 Å². The third-order valence-electron chi connectivity index (χ3n) is 19.3. The van der Waals surface area contributed by atoms with Crippen molar-refractivity contribution in [3.05, 3.63) is 0 Å². The van der Waals surface area contributed by atoms with Gasteiger partial charge < -0.3 is 158 Å². The summed E-state index contributed by atoms with van der Waals surface area (Å²) < 4.78 is 0. The number of unbranched alkanes of at least 4 members (excludes halogenated alkanes) is 3. The van der Waals surface area contributed by atoms with Crippen molar-refractivity contribution >= 4 is 119 Å². The normalized spacial score (nSPS) is 16.5. The first-order valence-corrected chi connectivity index (χ1v) is 40.6. The molecule has 2 rings (SSSR count). The molecule has 0 spiro atoms. The van der Waals surface area contributed by atoms with E-state index in [1.54, 1.807) is 0 Å². The first-order valence-electron chi connectivity index (χ1n) is 40.6. The summed E-state index contributed by atoms with van der Waals surface area (Å²) in [6, 6.07) is -20.8. The number of likely N-dealkylation sites (tertiary alicyclic amines) is 1. The van der Waals surface area contributed by atoms with Gasteiger partial charge in [-0.1, -0.05) is 13.8 Å². The topological polar surface area (TPSA) is 849 Å². The van der Waals surface area contributed by atoms with Crippen LogP contribution in [0, 0.1) is 5.92 Å². The van der Waals surface area contributed by atoms with Crippen LogP contribution in [0.2, 0.25) is 0 Å². The van der Waals surface area contributed by atoms with Gasteiger partial charge in [-0.25, -0.2) is 4.79 Å². The molecule has 0 radical (unpaired) electrons. The van der Waals surface area contributed by atoms with E-state index in [1.807, 2.05) is 0 Å². The molecule has 684 valence electrons. The van der Waals surface area contributed by atoms with Crippen molar-refractivity contribution in [3.63, 3.8) is 0 Å². The number of carbonyl (C=O) groups is 16. The summed E-state index contributed by atoms with van der Waals surface area (Å²) in [4.78, 5) is 238. The van der Waals surface area contributed by atoms with Crippen LogP contribution < -0.4 is 132 Å². The van der Waals surface area contributed by atoms with Crippen LogP contribution in [0.1, 0.15) is 175 Å². The maximum absolute atomic E-state index is 14.6. The molecule has 2 aliphatic heterocycles. The highest BCUT2D eigenvalue weighted by Crippen LogP contribution is 2.22. The van der Waals surface area contributed by atoms with Gasteiger partial charge >= 0.3 is 17.9 Å². The van der Waals surface area contributed by atoms with E-state index in [9.17, 15) is 97.1 Å². The number of carboxylic acid groups (broad SMARTS) is 3.